The lowest BCUT2D eigenvalue weighted by atomic mass is 9.67. The van der Waals surface area contributed by atoms with Crippen LogP contribution < -0.4 is 0 Å². The molecular weight excluding hydrogens is 270 g/mol. The van der Waals surface area contributed by atoms with Crippen LogP contribution >= 0.6 is 0 Å². The highest BCUT2D eigenvalue weighted by Crippen LogP contribution is 2.68. The number of carbonyl (C=O) groups is 1. The van der Waals surface area contributed by atoms with Crippen LogP contribution in [0, 0.1) is 22.7 Å². The van der Waals surface area contributed by atoms with Crippen molar-refractivity contribution < 1.29 is 19.7 Å². The molecule has 6 atom stereocenters. The van der Waals surface area contributed by atoms with Gasteiger partial charge in [0.15, 0.2) is 0 Å². The Bertz CT molecular complexity index is 450. The summed E-state index contributed by atoms with van der Waals surface area (Å²) in [7, 11) is 0. The predicted molar refractivity (Wildman–Crippen MR) is 77.4 cm³/mol. The Labute approximate surface area is 126 Å². The first-order valence-corrected chi connectivity index (χ1v) is 8.03. The first kappa shape index (κ1) is 15.1. The summed E-state index contributed by atoms with van der Waals surface area (Å²) in [6.07, 6.45) is 1.07. The van der Waals surface area contributed by atoms with Crippen molar-refractivity contribution in [3.8, 4) is 0 Å². The number of hydrogen-bond acceptors (Lipinski definition) is 4. The van der Waals surface area contributed by atoms with E-state index < -0.39 is 24.3 Å². The number of hydrogen-bond donors (Lipinski definition) is 2. The second kappa shape index (κ2) is 4.59. The predicted octanol–water partition coefficient (Wildman–Crippen LogP) is 1.97. The van der Waals surface area contributed by atoms with Gasteiger partial charge in [0.1, 0.15) is 12.8 Å². The van der Waals surface area contributed by atoms with E-state index >= 15 is 0 Å². The average molecular weight is 297 g/mol. The summed E-state index contributed by atoms with van der Waals surface area (Å²) in [4.78, 5) is 13.8. The highest BCUT2D eigenvalue weighted by molar-refractivity contribution is 5.70. The van der Waals surface area contributed by atoms with Gasteiger partial charge in [-0.25, -0.2) is 4.79 Å². The zero-order chi connectivity index (χ0) is 15.6. The van der Waals surface area contributed by atoms with Crippen molar-refractivity contribution in [1.29, 1.82) is 0 Å². The van der Waals surface area contributed by atoms with Crippen molar-refractivity contribution in [2.75, 3.05) is 6.61 Å². The molecule has 5 nitrogen and oxygen atoms in total. The van der Waals surface area contributed by atoms with E-state index in [-0.39, 0.29) is 16.9 Å². The normalized spacial score (nSPS) is 41.4. The Morgan fingerprint density at radius 3 is 2.57 bits per heavy atom. The molecule has 1 unspecified atom stereocenters. The van der Waals surface area contributed by atoms with Gasteiger partial charge < -0.3 is 14.9 Å². The summed E-state index contributed by atoms with van der Waals surface area (Å²) in [5.74, 6) is 0.184. The summed E-state index contributed by atoms with van der Waals surface area (Å²) in [5.41, 5.74) is 0.0787. The Balaban J connectivity index is 1.93. The molecule has 2 bridgehead atoms. The monoisotopic (exact) mass is 297 g/mol. The van der Waals surface area contributed by atoms with Crippen molar-refractivity contribution in [1.82, 2.24) is 4.90 Å². The topological polar surface area (TPSA) is 70.0 Å². The van der Waals surface area contributed by atoms with Crippen LogP contribution in [0.15, 0.2) is 0 Å². The molecule has 1 spiro atoms. The van der Waals surface area contributed by atoms with Crippen molar-refractivity contribution >= 4 is 6.09 Å². The van der Waals surface area contributed by atoms with E-state index in [0.29, 0.717) is 12.5 Å². The minimum Gasteiger partial charge on any atom is -0.449 e. The standard InChI is InChI=1S/C16H27NO4/c1-9(10(2)18)13(19)17-12-7-11-5-6-16(12,15(11,3)4)8-21-14(17)20/h9-13,18-19H,5-8H2,1-4H3/t9-,10-,11+,12+,13?,16+/m0/s1. The van der Waals surface area contributed by atoms with Gasteiger partial charge in [-0.1, -0.05) is 20.8 Å². The average Bonchev–Trinajstić information content (AvgIpc) is 2.80. The molecule has 2 aliphatic carbocycles. The number of amides is 1. The second-order valence-electron chi connectivity index (χ2n) is 7.84. The Hall–Kier alpha value is -0.810. The Morgan fingerprint density at radius 2 is 2.00 bits per heavy atom. The van der Waals surface area contributed by atoms with Crippen LogP contribution in [0.4, 0.5) is 4.79 Å². The number of nitrogens with zero attached hydrogens (tertiary/aromatic N) is 1. The number of cyclic esters (lactones) is 1. The molecule has 3 aliphatic rings. The molecule has 3 rings (SSSR count). The van der Waals surface area contributed by atoms with Gasteiger partial charge in [0.05, 0.1) is 6.10 Å². The van der Waals surface area contributed by atoms with Gasteiger partial charge in [0, 0.05) is 17.4 Å². The minimum absolute atomic E-state index is 0.0312. The maximum absolute atomic E-state index is 12.3. The lowest BCUT2D eigenvalue weighted by Gasteiger charge is -2.51. The van der Waals surface area contributed by atoms with E-state index in [4.69, 9.17) is 4.74 Å². The molecule has 5 heteroatoms. The molecular formula is C16H27NO4. The fraction of sp³-hybridized carbons (Fsp3) is 0.938. The summed E-state index contributed by atoms with van der Waals surface area (Å²) in [6, 6.07) is 0.0312. The molecule has 0 aromatic heterocycles. The molecule has 2 saturated carbocycles. The van der Waals surface area contributed by atoms with Crippen LogP contribution in [0.25, 0.3) is 0 Å². The number of aliphatic hydroxyl groups excluding tert-OH is 2. The Morgan fingerprint density at radius 1 is 1.33 bits per heavy atom. The smallest absolute Gasteiger partial charge is 0.412 e. The van der Waals surface area contributed by atoms with E-state index in [0.717, 1.165) is 12.8 Å². The van der Waals surface area contributed by atoms with E-state index in [1.54, 1.807) is 13.8 Å². The molecule has 3 fully saturated rings. The van der Waals surface area contributed by atoms with Gasteiger partial charge >= 0.3 is 6.09 Å². The molecule has 2 N–H and O–H groups in total. The van der Waals surface area contributed by atoms with Crippen LogP contribution in [0.2, 0.25) is 0 Å². The molecule has 1 amide bonds. The van der Waals surface area contributed by atoms with Crippen LogP contribution in [0.5, 0.6) is 0 Å². The number of ether oxygens (including phenoxy) is 1. The van der Waals surface area contributed by atoms with Gasteiger partial charge in [-0.05, 0) is 37.5 Å². The zero-order valence-corrected chi connectivity index (χ0v) is 13.4. The Kier molecular flexibility index (Phi) is 3.30. The summed E-state index contributed by atoms with van der Waals surface area (Å²) >= 11 is 0. The lowest BCUT2D eigenvalue weighted by molar-refractivity contribution is -0.144. The van der Waals surface area contributed by atoms with Crippen molar-refractivity contribution in [3.05, 3.63) is 0 Å². The zero-order valence-electron chi connectivity index (χ0n) is 13.4. The third-order valence-corrected chi connectivity index (χ3v) is 6.90. The maximum atomic E-state index is 12.3. The third kappa shape index (κ3) is 1.80. The lowest BCUT2D eigenvalue weighted by Crippen LogP contribution is -2.62. The summed E-state index contributed by atoms with van der Waals surface area (Å²) in [6.45, 7) is 8.41. The van der Waals surface area contributed by atoms with Gasteiger partial charge in [-0.2, -0.15) is 0 Å². The first-order chi connectivity index (χ1) is 9.72. The molecule has 0 aromatic rings. The molecule has 21 heavy (non-hydrogen) atoms. The van der Waals surface area contributed by atoms with Crippen molar-refractivity contribution in [2.45, 2.75) is 65.3 Å². The van der Waals surface area contributed by atoms with Crippen LogP contribution in [-0.4, -0.2) is 46.2 Å². The van der Waals surface area contributed by atoms with Gasteiger partial charge in [0.25, 0.3) is 0 Å². The number of carbonyl (C=O) groups excluding carboxylic acids is 1. The fourth-order valence-electron chi connectivity index (χ4n) is 4.95. The third-order valence-electron chi connectivity index (χ3n) is 6.90. The van der Waals surface area contributed by atoms with Crippen LogP contribution in [-0.2, 0) is 4.74 Å². The first-order valence-electron chi connectivity index (χ1n) is 8.03. The molecule has 120 valence electrons. The highest BCUT2D eigenvalue weighted by Gasteiger charge is 2.69. The summed E-state index contributed by atoms with van der Waals surface area (Å²) < 4.78 is 5.46. The van der Waals surface area contributed by atoms with E-state index in [2.05, 4.69) is 13.8 Å². The fourth-order valence-corrected chi connectivity index (χ4v) is 4.95. The van der Waals surface area contributed by atoms with Crippen LogP contribution in [0.1, 0.15) is 47.0 Å². The SMILES string of the molecule is C[C@H](O)[C@H](C)C(O)N1C(=O)OC[C@]23CC[C@H](C[C@@H]12)C3(C)C. The quantitative estimate of drug-likeness (QED) is 0.835. The van der Waals surface area contributed by atoms with E-state index in [9.17, 15) is 15.0 Å². The maximum Gasteiger partial charge on any atom is 0.412 e. The van der Waals surface area contributed by atoms with Crippen molar-refractivity contribution in [3.63, 3.8) is 0 Å². The van der Waals surface area contributed by atoms with Gasteiger partial charge in [-0.15, -0.1) is 0 Å². The molecule has 1 aliphatic heterocycles. The second-order valence-corrected chi connectivity index (χ2v) is 7.84. The number of fused-ring (bicyclic) bond motifs is 1. The van der Waals surface area contributed by atoms with Gasteiger partial charge in [-0.3, -0.25) is 4.90 Å². The largest absolute Gasteiger partial charge is 0.449 e. The molecule has 0 aromatic carbocycles. The van der Waals surface area contributed by atoms with E-state index in [1.165, 1.54) is 11.3 Å². The molecule has 0 radical (unpaired) electrons. The number of aliphatic hydroxyl groups is 2. The van der Waals surface area contributed by atoms with E-state index in [1.807, 2.05) is 0 Å². The summed E-state index contributed by atoms with van der Waals surface area (Å²) in [5, 5.41) is 20.3. The molecule has 1 heterocycles. The van der Waals surface area contributed by atoms with Gasteiger partial charge in [0.2, 0.25) is 0 Å². The van der Waals surface area contributed by atoms with Crippen LogP contribution in [0.3, 0.4) is 0 Å². The van der Waals surface area contributed by atoms with Crippen molar-refractivity contribution in [2.24, 2.45) is 22.7 Å². The highest BCUT2D eigenvalue weighted by atomic mass is 16.6. The number of rotatable bonds is 3. The minimum atomic E-state index is -0.991. The molecule has 1 saturated heterocycles.